The smallest absolute Gasteiger partial charge is 0.401 e. The van der Waals surface area contributed by atoms with E-state index in [2.05, 4.69) is 0 Å². The molecule has 112 valence electrons. The molecular formula is C12H14F3NO4. The number of hydrogen-bond acceptors (Lipinski definition) is 4. The van der Waals surface area contributed by atoms with Crippen molar-refractivity contribution in [3.63, 3.8) is 0 Å². The van der Waals surface area contributed by atoms with Gasteiger partial charge in [-0.2, -0.15) is 13.2 Å². The maximum absolute atomic E-state index is 12.4. The number of aromatic hydroxyl groups is 1. The van der Waals surface area contributed by atoms with Gasteiger partial charge in [0.1, 0.15) is 11.5 Å². The predicted molar refractivity (Wildman–Crippen MR) is 63.6 cm³/mol. The molecule has 0 heterocycles. The highest BCUT2D eigenvalue weighted by Crippen LogP contribution is 2.25. The first-order valence-electron chi connectivity index (χ1n) is 5.58. The van der Waals surface area contributed by atoms with E-state index in [1.807, 2.05) is 0 Å². The number of halogens is 3. The lowest BCUT2D eigenvalue weighted by Gasteiger charge is -2.22. The fourth-order valence-electron chi connectivity index (χ4n) is 1.67. The van der Waals surface area contributed by atoms with Crippen LogP contribution in [0.2, 0.25) is 0 Å². The molecule has 2 N–H and O–H groups in total. The van der Waals surface area contributed by atoms with E-state index in [0.717, 1.165) is 0 Å². The van der Waals surface area contributed by atoms with Crippen LogP contribution >= 0.6 is 0 Å². The van der Waals surface area contributed by atoms with E-state index in [-0.39, 0.29) is 17.9 Å². The van der Waals surface area contributed by atoms with Crippen molar-refractivity contribution in [2.24, 2.45) is 0 Å². The summed E-state index contributed by atoms with van der Waals surface area (Å²) in [4.78, 5) is 11.3. The second-order valence-electron chi connectivity index (χ2n) is 4.15. The van der Waals surface area contributed by atoms with Crippen LogP contribution in [0.3, 0.4) is 0 Å². The van der Waals surface area contributed by atoms with E-state index in [0.29, 0.717) is 10.6 Å². The van der Waals surface area contributed by atoms with Crippen LogP contribution < -0.4 is 4.74 Å². The number of nitrogens with zero attached hydrogens (tertiary/aromatic N) is 1. The lowest BCUT2D eigenvalue weighted by atomic mass is 10.1. The molecular weight excluding hydrogens is 279 g/mol. The number of rotatable bonds is 6. The second-order valence-corrected chi connectivity index (χ2v) is 4.15. The molecule has 0 aliphatic rings. The summed E-state index contributed by atoms with van der Waals surface area (Å²) in [6.45, 7) is -2.51. The van der Waals surface area contributed by atoms with Crippen molar-refractivity contribution in [2.45, 2.75) is 12.7 Å². The van der Waals surface area contributed by atoms with Gasteiger partial charge < -0.3 is 14.9 Å². The maximum Gasteiger partial charge on any atom is 0.401 e. The Morgan fingerprint density at radius 3 is 2.55 bits per heavy atom. The highest BCUT2D eigenvalue weighted by Gasteiger charge is 2.31. The highest BCUT2D eigenvalue weighted by atomic mass is 19.4. The van der Waals surface area contributed by atoms with Gasteiger partial charge in [0, 0.05) is 12.1 Å². The third-order valence-electron chi connectivity index (χ3n) is 2.44. The summed E-state index contributed by atoms with van der Waals surface area (Å²) in [5.74, 6) is -1.24. The molecule has 0 aliphatic heterocycles. The first kappa shape index (κ1) is 16.1. The van der Waals surface area contributed by atoms with E-state index in [4.69, 9.17) is 9.84 Å². The van der Waals surface area contributed by atoms with Crippen molar-refractivity contribution in [2.75, 3.05) is 20.2 Å². The standard InChI is InChI=1S/C12H14F3NO4/c1-20-9-2-3-10(17)8(4-9)5-16(6-11(18)19)7-12(13,14)15/h2-4,17H,5-7H2,1H3,(H,18,19). The molecule has 8 heteroatoms. The van der Waals surface area contributed by atoms with Crippen LogP contribution in [0.4, 0.5) is 13.2 Å². The molecule has 0 aromatic heterocycles. The van der Waals surface area contributed by atoms with E-state index in [1.165, 1.54) is 25.3 Å². The average molecular weight is 293 g/mol. The lowest BCUT2D eigenvalue weighted by molar-refractivity contribution is -0.154. The number of alkyl halides is 3. The maximum atomic E-state index is 12.4. The number of benzene rings is 1. The second kappa shape index (κ2) is 6.47. The first-order chi connectivity index (χ1) is 9.21. The minimum Gasteiger partial charge on any atom is -0.508 e. The van der Waals surface area contributed by atoms with Gasteiger partial charge >= 0.3 is 12.1 Å². The molecule has 0 amide bonds. The molecule has 0 spiro atoms. The largest absolute Gasteiger partial charge is 0.508 e. The van der Waals surface area contributed by atoms with Crippen molar-refractivity contribution in [1.29, 1.82) is 0 Å². The lowest BCUT2D eigenvalue weighted by Crippen LogP contribution is -2.37. The molecule has 0 fully saturated rings. The zero-order valence-electron chi connectivity index (χ0n) is 10.6. The molecule has 0 aliphatic carbocycles. The Morgan fingerprint density at radius 2 is 2.05 bits per heavy atom. The summed E-state index contributed by atoms with van der Waals surface area (Å²) >= 11 is 0. The summed E-state index contributed by atoms with van der Waals surface area (Å²) in [6, 6.07) is 4.09. The number of phenols is 1. The molecule has 1 aromatic carbocycles. The Kier molecular flexibility index (Phi) is 5.20. The summed E-state index contributed by atoms with van der Waals surface area (Å²) in [6.07, 6.45) is -4.52. The van der Waals surface area contributed by atoms with Gasteiger partial charge in [0.15, 0.2) is 0 Å². The Balaban J connectivity index is 2.90. The van der Waals surface area contributed by atoms with Crippen LogP contribution in [0.25, 0.3) is 0 Å². The Morgan fingerprint density at radius 1 is 1.40 bits per heavy atom. The number of aliphatic carboxylic acids is 1. The number of phenolic OH excluding ortho intramolecular Hbond substituents is 1. The van der Waals surface area contributed by atoms with Crippen LogP contribution in [0.5, 0.6) is 11.5 Å². The topological polar surface area (TPSA) is 70.0 Å². The van der Waals surface area contributed by atoms with Crippen LogP contribution in [-0.4, -0.2) is 47.5 Å². The SMILES string of the molecule is COc1ccc(O)c(CN(CC(=O)O)CC(F)(F)F)c1. The molecule has 0 radical (unpaired) electrons. The van der Waals surface area contributed by atoms with E-state index >= 15 is 0 Å². The summed E-state index contributed by atoms with van der Waals surface area (Å²) in [5.41, 5.74) is 0.162. The summed E-state index contributed by atoms with van der Waals surface area (Å²) in [7, 11) is 1.38. The number of carboxylic acids is 1. The molecule has 1 rings (SSSR count). The number of hydrogen-bond donors (Lipinski definition) is 2. The van der Waals surface area contributed by atoms with Crippen molar-refractivity contribution < 1.29 is 32.9 Å². The predicted octanol–water partition coefficient (Wildman–Crippen LogP) is 1.85. The molecule has 0 bridgehead atoms. The summed E-state index contributed by atoms with van der Waals surface area (Å²) in [5, 5.41) is 18.2. The Hall–Kier alpha value is -1.96. The van der Waals surface area contributed by atoms with E-state index in [1.54, 1.807) is 0 Å². The zero-order valence-corrected chi connectivity index (χ0v) is 10.6. The minimum absolute atomic E-state index is 0.162. The van der Waals surface area contributed by atoms with Gasteiger partial charge in [-0.3, -0.25) is 9.69 Å². The molecule has 5 nitrogen and oxygen atoms in total. The fraction of sp³-hybridized carbons (Fsp3) is 0.417. The third kappa shape index (κ3) is 5.35. The number of carbonyl (C=O) groups is 1. The van der Waals surface area contributed by atoms with Crippen molar-refractivity contribution in [3.8, 4) is 11.5 Å². The van der Waals surface area contributed by atoms with Crippen LogP contribution in [0, 0.1) is 0 Å². The average Bonchev–Trinajstić information content (AvgIpc) is 2.29. The fourth-order valence-corrected chi connectivity index (χ4v) is 1.67. The Labute approximate surface area is 113 Å². The molecule has 0 atom stereocenters. The van der Waals surface area contributed by atoms with Crippen molar-refractivity contribution in [3.05, 3.63) is 23.8 Å². The van der Waals surface area contributed by atoms with Gasteiger partial charge in [0.05, 0.1) is 20.2 Å². The number of carboxylic acid groups (broad SMARTS) is 1. The van der Waals surface area contributed by atoms with Gasteiger partial charge in [-0.25, -0.2) is 0 Å². The zero-order chi connectivity index (χ0) is 15.3. The van der Waals surface area contributed by atoms with Gasteiger partial charge in [-0.05, 0) is 18.2 Å². The molecule has 20 heavy (non-hydrogen) atoms. The molecule has 0 unspecified atom stereocenters. The van der Waals surface area contributed by atoms with Crippen molar-refractivity contribution >= 4 is 5.97 Å². The normalized spacial score (nSPS) is 11.7. The molecule has 0 saturated heterocycles. The molecule has 0 saturated carbocycles. The number of ether oxygens (including phenoxy) is 1. The monoisotopic (exact) mass is 293 g/mol. The van der Waals surface area contributed by atoms with Crippen LogP contribution in [0.1, 0.15) is 5.56 Å². The minimum atomic E-state index is -4.52. The quantitative estimate of drug-likeness (QED) is 0.837. The van der Waals surface area contributed by atoms with Crippen LogP contribution in [0.15, 0.2) is 18.2 Å². The van der Waals surface area contributed by atoms with Gasteiger partial charge in [-0.1, -0.05) is 0 Å². The van der Waals surface area contributed by atoms with Crippen LogP contribution in [-0.2, 0) is 11.3 Å². The van der Waals surface area contributed by atoms with Gasteiger partial charge in [0.2, 0.25) is 0 Å². The van der Waals surface area contributed by atoms with E-state index in [9.17, 15) is 23.1 Å². The van der Waals surface area contributed by atoms with Gasteiger partial charge in [-0.15, -0.1) is 0 Å². The Bertz CT molecular complexity index is 476. The van der Waals surface area contributed by atoms with E-state index < -0.39 is 25.2 Å². The highest BCUT2D eigenvalue weighted by molar-refractivity contribution is 5.69. The molecule has 1 aromatic rings. The summed E-state index contributed by atoms with van der Waals surface area (Å²) < 4.78 is 42.1. The van der Waals surface area contributed by atoms with Crippen molar-refractivity contribution in [1.82, 2.24) is 4.90 Å². The van der Waals surface area contributed by atoms with Gasteiger partial charge in [0.25, 0.3) is 0 Å². The first-order valence-corrected chi connectivity index (χ1v) is 5.58. The number of methoxy groups -OCH3 is 1. The third-order valence-corrected chi connectivity index (χ3v) is 2.44.